The van der Waals surface area contributed by atoms with E-state index in [9.17, 15) is 61.5 Å². The minimum absolute atomic E-state index is 0.664. The van der Waals surface area contributed by atoms with E-state index in [1.54, 1.807) is 0 Å². The molecule has 0 aromatic heterocycles. The first-order valence-electron chi connectivity index (χ1n) is 6.65. The number of alkyl halides is 6. The molecule has 0 saturated carbocycles. The van der Waals surface area contributed by atoms with Crippen LogP contribution in [0.4, 0.5) is 72.8 Å². The second kappa shape index (κ2) is 6.95. The van der Waals surface area contributed by atoms with Crippen molar-refractivity contribution in [1.82, 2.24) is 0 Å². The normalized spacial score (nSPS) is 12.5. The van der Waals surface area contributed by atoms with Gasteiger partial charge in [0.15, 0.2) is 46.5 Å². The summed E-state index contributed by atoms with van der Waals surface area (Å²) in [5.41, 5.74) is -11.1. The van der Waals surface area contributed by atoms with Crippen LogP contribution in [0.1, 0.15) is 11.1 Å². The van der Waals surface area contributed by atoms with Crippen LogP contribution in [-0.2, 0) is 12.4 Å². The first-order chi connectivity index (χ1) is 13.0. The van der Waals surface area contributed by atoms with Crippen molar-refractivity contribution < 1.29 is 61.5 Å². The molecule has 0 amide bonds. The minimum Gasteiger partial charge on any atom is -0.346 e. The summed E-state index contributed by atoms with van der Waals surface area (Å²) in [7, 11) is 0. The van der Waals surface area contributed by atoms with Crippen LogP contribution < -0.4 is 5.32 Å². The highest BCUT2D eigenvalue weighted by Gasteiger charge is 2.44. The molecule has 160 valence electrons. The van der Waals surface area contributed by atoms with Crippen molar-refractivity contribution in [2.24, 2.45) is 0 Å². The Morgan fingerprint density at radius 3 is 1.03 bits per heavy atom. The third-order valence-corrected chi connectivity index (χ3v) is 3.34. The Labute approximate surface area is 149 Å². The molecule has 1 N–H and O–H groups in total. The van der Waals surface area contributed by atoms with Gasteiger partial charge < -0.3 is 5.32 Å². The lowest BCUT2D eigenvalue weighted by atomic mass is 10.1. The van der Waals surface area contributed by atoms with Crippen molar-refractivity contribution in [2.45, 2.75) is 12.4 Å². The Kier molecular flexibility index (Phi) is 5.40. The fourth-order valence-corrected chi connectivity index (χ4v) is 2.11. The number of rotatable bonds is 2. The topological polar surface area (TPSA) is 12.0 Å². The molecule has 0 saturated heterocycles. The monoisotopic (exact) mass is 449 g/mol. The molecule has 2 aromatic rings. The maximum atomic E-state index is 13.8. The largest absolute Gasteiger partial charge is 0.422 e. The average molecular weight is 449 g/mol. The molecule has 15 heteroatoms. The lowest BCUT2D eigenvalue weighted by Gasteiger charge is -2.18. The van der Waals surface area contributed by atoms with Gasteiger partial charge >= 0.3 is 12.4 Å². The Balaban J connectivity index is 2.82. The van der Waals surface area contributed by atoms with E-state index >= 15 is 0 Å². The second-order valence-corrected chi connectivity index (χ2v) is 5.13. The van der Waals surface area contributed by atoms with Crippen LogP contribution in [-0.4, -0.2) is 0 Å². The third kappa shape index (κ3) is 3.64. The lowest BCUT2D eigenvalue weighted by molar-refractivity contribution is -0.144. The van der Waals surface area contributed by atoms with Gasteiger partial charge in [-0.3, -0.25) is 0 Å². The smallest absolute Gasteiger partial charge is 0.346 e. The highest BCUT2D eigenvalue weighted by atomic mass is 19.4. The molecule has 0 heterocycles. The average Bonchev–Trinajstić information content (AvgIpc) is 2.55. The lowest BCUT2D eigenvalue weighted by Crippen LogP contribution is -2.19. The van der Waals surface area contributed by atoms with Crippen molar-refractivity contribution in [3.63, 3.8) is 0 Å². The molecular weight excluding hydrogens is 448 g/mol. The van der Waals surface area contributed by atoms with Gasteiger partial charge in [0.25, 0.3) is 0 Å². The van der Waals surface area contributed by atoms with E-state index in [0.29, 0.717) is 5.32 Å². The van der Waals surface area contributed by atoms with Crippen molar-refractivity contribution in [1.29, 1.82) is 0 Å². The van der Waals surface area contributed by atoms with Gasteiger partial charge in [0.1, 0.15) is 22.5 Å². The van der Waals surface area contributed by atoms with Crippen molar-refractivity contribution in [2.75, 3.05) is 5.32 Å². The zero-order valence-corrected chi connectivity index (χ0v) is 12.8. The van der Waals surface area contributed by atoms with E-state index in [1.165, 1.54) is 0 Å². The summed E-state index contributed by atoms with van der Waals surface area (Å²) in [4.78, 5) is 0. The molecule has 0 unspecified atom stereocenters. The Bertz CT molecular complexity index is 959. The molecule has 1 nitrogen and oxygen atoms in total. The highest BCUT2D eigenvalue weighted by Crippen LogP contribution is 2.42. The van der Waals surface area contributed by atoms with Crippen molar-refractivity contribution >= 4 is 11.4 Å². The summed E-state index contributed by atoms with van der Waals surface area (Å²) in [6.07, 6.45) is -12.0. The van der Waals surface area contributed by atoms with Crippen LogP contribution >= 0.6 is 0 Å². The molecule has 0 atom stereocenters. The van der Waals surface area contributed by atoms with Crippen molar-refractivity contribution in [3.8, 4) is 0 Å². The van der Waals surface area contributed by atoms with Gasteiger partial charge in [0, 0.05) is 0 Å². The van der Waals surface area contributed by atoms with Crippen LogP contribution in [0.3, 0.4) is 0 Å². The summed E-state index contributed by atoms with van der Waals surface area (Å²) in [5.74, 6) is -24.2. The number of nitrogens with one attached hydrogen (secondary N) is 1. The fourth-order valence-electron chi connectivity index (χ4n) is 2.11. The zero-order valence-electron chi connectivity index (χ0n) is 12.8. The minimum atomic E-state index is -6.02. The van der Waals surface area contributed by atoms with E-state index in [-0.39, 0.29) is 0 Å². The molecule has 29 heavy (non-hydrogen) atoms. The van der Waals surface area contributed by atoms with Crippen LogP contribution in [0.15, 0.2) is 0 Å². The summed E-state index contributed by atoms with van der Waals surface area (Å²) >= 11 is 0. The van der Waals surface area contributed by atoms with E-state index in [2.05, 4.69) is 0 Å². The zero-order chi connectivity index (χ0) is 22.6. The van der Waals surface area contributed by atoms with E-state index < -0.39 is 81.4 Å². The number of halogens is 14. The third-order valence-electron chi connectivity index (χ3n) is 3.34. The quantitative estimate of drug-likeness (QED) is 0.310. The molecule has 2 rings (SSSR count). The van der Waals surface area contributed by atoms with Gasteiger partial charge in [-0.2, -0.15) is 26.3 Å². The SMILES string of the molecule is Fc1c(F)c(Nc2c(F)c(F)c(C(F)(F)F)c(F)c2F)c(F)c(C(F)(F)F)c1F. The summed E-state index contributed by atoms with van der Waals surface area (Å²) in [5, 5.41) is 0.664. The van der Waals surface area contributed by atoms with Crippen LogP contribution in [0.25, 0.3) is 0 Å². The Morgan fingerprint density at radius 1 is 0.379 bits per heavy atom. The van der Waals surface area contributed by atoms with Gasteiger partial charge in [-0.1, -0.05) is 0 Å². The number of anilines is 2. The van der Waals surface area contributed by atoms with Crippen molar-refractivity contribution in [3.05, 3.63) is 57.7 Å². The van der Waals surface area contributed by atoms with Crippen LogP contribution in [0.2, 0.25) is 0 Å². The molecule has 0 radical (unpaired) electrons. The second-order valence-electron chi connectivity index (χ2n) is 5.13. The van der Waals surface area contributed by atoms with Crippen LogP contribution in [0, 0.1) is 46.5 Å². The van der Waals surface area contributed by atoms with Gasteiger partial charge in [-0.05, 0) is 0 Å². The number of benzene rings is 2. The molecule has 0 fully saturated rings. The molecule has 0 bridgehead atoms. The number of hydrogen-bond acceptors (Lipinski definition) is 1. The first kappa shape index (κ1) is 22.5. The predicted octanol–water partition coefficient (Wildman–Crippen LogP) is 6.58. The fraction of sp³-hybridized carbons (Fsp3) is 0.143. The summed E-state index contributed by atoms with van der Waals surface area (Å²) in [6.45, 7) is 0. The summed E-state index contributed by atoms with van der Waals surface area (Å²) in [6, 6.07) is 0. The van der Waals surface area contributed by atoms with Gasteiger partial charge in [-0.15, -0.1) is 0 Å². The maximum Gasteiger partial charge on any atom is 0.422 e. The molecule has 0 aliphatic carbocycles. The molecule has 0 aliphatic heterocycles. The van der Waals surface area contributed by atoms with E-state index in [0.717, 1.165) is 0 Å². The predicted molar refractivity (Wildman–Crippen MR) is 65.8 cm³/mol. The Morgan fingerprint density at radius 2 is 0.655 bits per heavy atom. The molecule has 0 spiro atoms. The van der Waals surface area contributed by atoms with Gasteiger partial charge in [-0.25, -0.2) is 35.1 Å². The van der Waals surface area contributed by atoms with E-state index in [4.69, 9.17) is 0 Å². The molecule has 0 aliphatic rings. The van der Waals surface area contributed by atoms with Crippen LogP contribution in [0.5, 0.6) is 0 Å². The standard InChI is InChI=1S/C14HF14N/c15-3-2(14(26,27)28)6(18)11(10(22)7(3)19)29-12-8(20)4(16)1(13(23,24)25)5(17)9(12)21/h29H. The maximum absolute atomic E-state index is 13.8. The molecule has 2 aromatic carbocycles. The number of hydrogen-bond donors (Lipinski definition) is 1. The molecular formula is C14HF14N. The van der Waals surface area contributed by atoms with E-state index in [1.807, 2.05) is 0 Å². The Hall–Kier alpha value is -2.74. The first-order valence-corrected chi connectivity index (χ1v) is 6.65. The summed E-state index contributed by atoms with van der Waals surface area (Å²) < 4.78 is 184. The van der Waals surface area contributed by atoms with Gasteiger partial charge in [0.2, 0.25) is 0 Å². The van der Waals surface area contributed by atoms with Gasteiger partial charge in [0.05, 0.1) is 0 Å². The highest BCUT2D eigenvalue weighted by molar-refractivity contribution is 5.64.